The number of rotatable bonds is 6. The fourth-order valence-electron chi connectivity index (χ4n) is 3.55. The predicted molar refractivity (Wildman–Crippen MR) is 104 cm³/mol. The molecule has 0 aliphatic heterocycles. The SMILES string of the molecule is CN[C@@H]1C(Nc2nc(Nc3cncc(C)c3)c(C(N)=O)cc2F)CCCC1(F)F. The smallest absolute Gasteiger partial charge is 0.265 e. The van der Waals surface area contributed by atoms with Crippen LogP contribution in [0.1, 0.15) is 35.2 Å². The second-order valence-corrected chi connectivity index (χ2v) is 7.13. The number of nitrogens with two attached hydrogens (primary N) is 1. The maximum atomic E-state index is 14.6. The number of alkyl halides is 2. The maximum absolute atomic E-state index is 14.6. The van der Waals surface area contributed by atoms with Crippen LogP contribution in [-0.2, 0) is 0 Å². The normalized spacial score (nSPS) is 20.9. The molecule has 0 saturated heterocycles. The van der Waals surface area contributed by atoms with E-state index in [0.717, 1.165) is 11.6 Å². The summed E-state index contributed by atoms with van der Waals surface area (Å²) in [4.78, 5) is 19.9. The van der Waals surface area contributed by atoms with Crippen LogP contribution >= 0.6 is 0 Å². The highest BCUT2D eigenvalue weighted by atomic mass is 19.3. The molecule has 2 atom stereocenters. The number of nitrogens with zero attached hydrogens (tertiary/aromatic N) is 2. The number of carbonyl (C=O) groups is 1. The van der Waals surface area contributed by atoms with Crippen molar-refractivity contribution >= 4 is 23.2 Å². The van der Waals surface area contributed by atoms with Crippen molar-refractivity contribution in [3.8, 4) is 0 Å². The lowest BCUT2D eigenvalue weighted by Crippen LogP contribution is -2.56. The number of hydrogen-bond donors (Lipinski definition) is 4. The van der Waals surface area contributed by atoms with Gasteiger partial charge in [-0.3, -0.25) is 9.78 Å². The standard InChI is InChI=1S/C19H23F3N6O/c1-10-6-11(9-25-8-10)26-17-12(16(23)29)7-13(20)18(28-17)27-14-4-3-5-19(21,22)15(14)24-2/h6-9,14-15,24H,3-5H2,1-2H3,(H2,23,29)(H2,26,27,28)/t14?,15-/m1/s1. The molecule has 5 N–H and O–H groups in total. The molecule has 2 aromatic heterocycles. The van der Waals surface area contributed by atoms with Crippen molar-refractivity contribution in [2.75, 3.05) is 17.7 Å². The summed E-state index contributed by atoms with van der Waals surface area (Å²) in [5, 5.41) is 8.28. The van der Waals surface area contributed by atoms with Crippen molar-refractivity contribution in [1.29, 1.82) is 0 Å². The van der Waals surface area contributed by atoms with E-state index in [1.165, 1.54) is 13.2 Å². The topological polar surface area (TPSA) is 105 Å². The zero-order valence-corrected chi connectivity index (χ0v) is 16.1. The molecule has 1 aliphatic rings. The van der Waals surface area contributed by atoms with Crippen LogP contribution in [0.3, 0.4) is 0 Å². The number of anilines is 3. The Balaban J connectivity index is 1.94. The van der Waals surface area contributed by atoms with Crippen LogP contribution in [0.4, 0.5) is 30.5 Å². The van der Waals surface area contributed by atoms with Crippen molar-refractivity contribution in [2.24, 2.45) is 5.73 Å². The van der Waals surface area contributed by atoms with E-state index in [4.69, 9.17) is 5.73 Å². The zero-order chi connectivity index (χ0) is 21.2. The van der Waals surface area contributed by atoms with Gasteiger partial charge in [0.1, 0.15) is 5.82 Å². The largest absolute Gasteiger partial charge is 0.365 e. The lowest BCUT2D eigenvalue weighted by atomic mass is 9.87. The Bertz CT molecular complexity index is 908. The number of likely N-dealkylation sites (N-methyl/N-ethyl adjacent to an activating group) is 1. The average Bonchev–Trinajstić information content (AvgIpc) is 2.63. The molecule has 3 rings (SSSR count). The van der Waals surface area contributed by atoms with Crippen LogP contribution < -0.4 is 21.7 Å². The number of amides is 1. The number of halogens is 3. The summed E-state index contributed by atoms with van der Waals surface area (Å²) >= 11 is 0. The Hall–Kier alpha value is -2.88. The zero-order valence-electron chi connectivity index (χ0n) is 16.1. The van der Waals surface area contributed by atoms with Gasteiger partial charge in [-0.1, -0.05) is 0 Å². The molecule has 0 bridgehead atoms. The molecule has 2 heterocycles. The third kappa shape index (κ3) is 4.58. The Kier molecular flexibility index (Phi) is 5.92. The number of carbonyl (C=O) groups excluding carboxylic acids is 1. The lowest BCUT2D eigenvalue weighted by Gasteiger charge is -2.38. The Labute approximate surface area is 166 Å². The third-order valence-electron chi connectivity index (χ3n) is 4.89. The van der Waals surface area contributed by atoms with E-state index in [9.17, 15) is 18.0 Å². The molecule has 1 amide bonds. The fraction of sp³-hybridized carbons (Fsp3) is 0.421. The number of nitrogens with one attached hydrogen (secondary N) is 3. The van der Waals surface area contributed by atoms with Gasteiger partial charge in [0.2, 0.25) is 0 Å². The first-order valence-electron chi connectivity index (χ1n) is 9.22. The molecular formula is C19H23F3N6O. The lowest BCUT2D eigenvalue weighted by molar-refractivity contribution is -0.0654. The highest BCUT2D eigenvalue weighted by Gasteiger charge is 2.46. The quantitative estimate of drug-likeness (QED) is 0.586. The highest BCUT2D eigenvalue weighted by molar-refractivity contribution is 5.98. The van der Waals surface area contributed by atoms with Gasteiger partial charge in [0.25, 0.3) is 11.8 Å². The molecule has 1 aliphatic carbocycles. The molecule has 1 saturated carbocycles. The number of hydrogen-bond acceptors (Lipinski definition) is 6. The molecule has 0 radical (unpaired) electrons. The van der Waals surface area contributed by atoms with Crippen LogP contribution in [-0.4, -0.2) is 40.9 Å². The summed E-state index contributed by atoms with van der Waals surface area (Å²) in [6.07, 6.45) is 3.63. The summed E-state index contributed by atoms with van der Waals surface area (Å²) in [7, 11) is 1.44. The van der Waals surface area contributed by atoms with Crippen LogP contribution in [0.2, 0.25) is 0 Å². The van der Waals surface area contributed by atoms with Crippen molar-refractivity contribution in [2.45, 2.75) is 44.2 Å². The van der Waals surface area contributed by atoms with E-state index in [1.54, 1.807) is 12.3 Å². The molecule has 0 spiro atoms. The van der Waals surface area contributed by atoms with E-state index in [1.807, 2.05) is 6.92 Å². The van der Waals surface area contributed by atoms with Crippen LogP contribution in [0.15, 0.2) is 24.5 Å². The molecule has 7 nitrogen and oxygen atoms in total. The van der Waals surface area contributed by atoms with Gasteiger partial charge in [-0.2, -0.15) is 0 Å². The van der Waals surface area contributed by atoms with Crippen LogP contribution in [0.25, 0.3) is 0 Å². The van der Waals surface area contributed by atoms with Gasteiger partial charge in [0.05, 0.1) is 23.5 Å². The Morgan fingerprint density at radius 3 is 2.69 bits per heavy atom. The van der Waals surface area contributed by atoms with E-state index >= 15 is 0 Å². The number of aryl methyl sites for hydroxylation is 1. The van der Waals surface area contributed by atoms with Gasteiger partial charge in [0.15, 0.2) is 11.6 Å². The highest BCUT2D eigenvalue weighted by Crippen LogP contribution is 2.35. The third-order valence-corrected chi connectivity index (χ3v) is 4.89. The number of aromatic nitrogens is 2. The van der Waals surface area contributed by atoms with Gasteiger partial charge in [-0.05, 0) is 44.5 Å². The Morgan fingerprint density at radius 2 is 2.03 bits per heavy atom. The second-order valence-electron chi connectivity index (χ2n) is 7.13. The van der Waals surface area contributed by atoms with E-state index in [-0.39, 0.29) is 23.6 Å². The van der Waals surface area contributed by atoms with Gasteiger partial charge >= 0.3 is 0 Å². The fourth-order valence-corrected chi connectivity index (χ4v) is 3.55. The molecule has 1 unspecified atom stereocenters. The molecule has 29 heavy (non-hydrogen) atoms. The van der Waals surface area contributed by atoms with Gasteiger partial charge in [-0.15, -0.1) is 0 Å². The first kappa shape index (κ1) is 20.8. The van der Waals surface area contributed by atoms with Gasteiger partial charge < -0.3 is 21.7 Å². The van der Waals surface area contributed by atoms with Gasteiger partial charge in [0, 0.05) is 18.7 Å². The minimum Gasteiger partial charge on any atom is -0.365 e. The van der Waals surface area contributed by atoms with Crippen molar-refractivity contribution in [3.63, 3.8) is 0 Å². The minimum absolute atomic E-state index is 0.0115. The first-order chi connectivity index (χ1) is 13.7. The van der Waals surface area contributed by atoms with E-state index in [0.29, 0.717) is 18.5 Å². The molecule has 10 heteroatoms. The number of pyridine rings is 2. The maximum Gasteiger partial charge on any atom is 0.265 e. The molecule has 2 aromatic rings. The summed E-state index contributed by atoms with van der Waals surface area (Å²) in [5.74, 6) is -4.87. The summed E-state index contributed by atoms with van der Waals surface area (Å²) < 4.78 is 43.0. The minimum atomic E-state index is -2.93. The molecule has 0 aromatic carbocycles. The summed E-state index contributed by atoms with van der Waals surface area (Å²) in [5.41, 5.74) is 6.57. The average molecular weight is 408 g/mol. The first-order valence-corrected chi connectivity index (χ1v) is 9.22. The van der Waals surface area contributed by atoms with Crippen molar-refractivity contribution < 1.29 is 18.0 Å². The van der Waals surface area contributed by atoms with Crippen LogP contribution in [0.5, 0.6) is 0 Å². The molecule has 156 valence electrons. The van der Waals surface area contributed by atoms with Crippen molar-refractivity contribution in [1.82, 2.24) is 15.3 Å². The predicted octanol–water partition coefficient (Wildman–Crippen LogP) is 2.95. The van der Waals surface area contributed by atoms with Crippen molar-refractivity contribution in [3.05, 3.63) is 41.5 Å². The monoisotopic (exact) mass is 408 g/mol. The van der Waals surface area contributed by atoms with Crippen LogP contribution in [0, 0.1) is 12.7 Å². The van der Waals surface area contributed by atoms with E-state index in [2.05, 4.69) is 25.9 Å². The summed E-state index contributed by atoms with van der Waals surface area (Å²) in [6.45, 7) is 1.83. The molecule has 1 fully saturated rings. The number of primary amides is 1. The summed E-state index contributed by atoms with van der Waals surface area (Å²) in [6, 6.07) is 0.789. The Morgan fingerprint density at radius 1 is 1.28 bits per heavy atom. The second kappa shape index (κ2) is 8.24. The van der Waals surface area contributed by atoms with E-state index < -0.39 is 29.7 Å². The van der Waals surface area contributed by atoms with Gasteiger partial charge in [-0.25, -0.2) is 18.2 Å². The molecular weight excluding hydrogens is 385 g/mol.